The second-order valence-electron chi connectivity index (χ2n) is 3.79. The summed E-state index contributed by atoms with van der Waals surface area (Å²) >= 11 is 0. The van der Waals surface area contributed by atoms with Crippen LogP contribution in [0.3, 0.4) is 0 Å². The molecule has 1 atom stereocenters. The van der Waals surface area contributed by atoms with E-state index in [0.717, 1.165) is 12.8 Å². The van der Waals surface area contributed by atoms with Crippen LogP contribution in [0.1, 0.15) is 12.0 Å². The van der Waals surface area contributed by atoms with Gasteiger partial charge in [-0.25, -0.2) is 0 Å². The zero-order valence-electron chi connectivity index (χ0n) is 8.27. The van der Waals surface area contributed by atoms with Gasteiger partial charge in [-0.05, 0) is 36.6 Å². The van der Waals surface area contributed by atoms with Gasteiger partial charge in [-0.2, -0.15) is 0 Å². The van der Waals surface area contributed by atoms with Gasteiger partial charge in [-0.3, -0.25) is 0 Å². The highest BCUT2D eigenvalue weighted by Gasteiger charge is 2.25. The molecule has 1 heterocycles. The standard InChI is InChI=1S/C11H15NO2/c1-12-9(4-5-13)6-8-7-10(14)2-3-11(8)12/h2-3,7,9,13-14H,4-6H2,1H3. The normalized spacial score (nSPS) is 19.9. The van der Waals surface area contributed by atoms with Crippen molar-refractivity contribution >= 4 is 5.69 Å². The Morgan fingerprint density at radius 3 is 3.00 bits per heavy atom. The molecule has 0 fully saturated rings. The molecule has 0 amide bonds. The Labute approximate surface area is 83.6 Å². The molecule has 1 unspecified atom stereocenters. The predicted octanol–water partition coefficient (Wildman–Crippen LogP) is 1.14. The molecule has 2 N–H and O–H groups in total. The monoisotopic (exact) mass is 193 g/mol. The van der Waals surface area contributed by atoms with Crippen molar-refractivity contribution in [1.29, 1.82) is 0 Å². The number of hydrogen-bond donors (Lipinski definition) is 2. The number of aliphatic hydroxyl groups is 1. The minimum absolute atomic E-state index is 0.217. The van der Waals surface area contributed by atoms with Gasteiger partial charge in [0, 0.05) is 25.4 Å². The molecule has 3 heteroatoms. The number of hydrogen-bond acceptors (Lipinski definition) is 3. The summed E-state index contributed by atoms with van der Waals surface area (Å²) in [6.07, 6.45) is 1.70. The van der Waals surface area contributed by atoms with Crippen LogP contribution in [0, 0.1) is 0 Å². The van der Waals surface area contributed by atoms with E-state index in [9.17, 15) is 5.11 Å². The highest BCUT2D eigenvalue weighted by molar-refractivity contribution is 5.60. The van der Waals surface area contributed by atoms with E-state index in [-0.39, 0.29) is 6.61 Å². The van der Waals surface area contributed by atoms with Crippen LogP contribution in [0.2, 0.25) is 0 Å². The molecule has 0 aliphatic carbocycles. The highest BCUT2D eigenvalue weighted by Crippen LogP contribution is 2.34. The topological polar surface area (TPSA) is 43.7 Å². The minimum atomic E-state index is 0.217. The highest BCUT2D eigenvalue weighted by atomic mass is 16.3. The summed E-state index contributed by atoms with van der Waals surface area (Å²) in [5.74, 6) is 0.321. The van der Waals surface area contributed by atoms with Crippen LogP contribution in [0.5, 0.6) is 5.75 Å². The van der Waals surface area contributed by atoms with E-state index in [2.05, 4.69) is 4.90 Å². The molecule has 14 heavy (non-hydrogen) atoms. The van der Waals surface area contributed by atoms with E-state index >= 15 is 0 Å². The maximum Gasteiger partial charge on any atom is 0.116 e. The number of aliphatic hydroxyl groups excluding tert-OH is 1. The molecule has 76 valence electrons. The van der Waals surface area contributed by atoms with Crippen molar-refractivity contribution in [2.24, 2.45) is 0 Å². The lowest BCUT2D eigenvalue weighted by Crippen LogP contribution is -2.28. The molecule has 0 saturated heterocycles. The van der Waals surface area contributed by atoms with Gasteiger partial charge in [0.25, 0.3) is 0 Å². The first-order chi connectivity index (χ1) is 6.72. The maximum absolute atomic E-state index is 9.33. The Morgan fingerprint density at radius 1 is 1.50 bits per heavy atom. The zero-order chi connectivity index (χ0) is 10.1. The molecule has 1 aliphatic rings. The number of anilines is 1. The quantitative estimate of drug-likeness (QED) is 0.740. The molecule has 3 nitrogen and oxygen atoms in total. The maximum atomic E-state index is 9.33. The molecule has 1 aliphatic heterocycles. The Morgan fingerprint density at radius 2 is 2.29 bits per heavy atom. The lowest BCUT2D eigenvalue weighted by Gasteiger charge is -2.21. The van der Waals surface area contributed by atoms with Gasteiger partial charge in [0.2, 0.25) is 0 Å². The molecule has 0 spiro atoms. The molecule has 2 rings (SSSR count). The van der Waals surface area contributed by atoms with Crippen molar-refractivity contribution in [3.8, 4) is 5.75 Å². The summed E-state index contributed by atoms with van der Waals surface area (Å²) in [6.45, 7) is 0.217. The van der Waals surface area contributed by atoms with Crippen molar-refractivity contribution in [1.82, 2.24) is 0 Å². The molecule has 0 radical (unpaired) electrons. The van der Waals surface area contributed by atoms with E-state index in [4.69, 9.17) is 5.11 Å². The van der Waals surface area contributed by atoms with E-state index in [1.54, 1.807) is 6.07 Å². The van der Waals surface area contributed by atoms with Crippen LogP contribution in [0.15, 0.2) is 18.2 Å². The van der Waals surface area contributed by atoms with Crippen LogP contribution in [0.4, 0.5) is 5.69 Å². The van der Waals surface area contributed by atoms with Gasteiger partial charge in [0.15, 0.2) is 0 Å². The summed E-state index contributed by atoms with van der Waals surface area (Å²) in [6, 6.07) is 5.82. The second kappa shape index (κ2) is 3.50. The minimum Gasteiger partial charge on any atom is -0.508 e. The molecule has 0 bridgehead atoms. The lowest BCUT2D eigenvalue weighted by atomic mass is 10.1. The van der Waals surface area contributed by atoms with Crippen molar-refractivity contribution in [2.75, 3.05) is 18.6 Å². The fourth-order valence-electron chi connectivity index (χ4n) is 2.11. The summed E-state index contributed by atoms with van der Waals surface area (Å²) in [4.78, 5) is 2.17. The SMILES string of the molecule is CN1c2ccc(O)cc2CC1CCO. The van der Waals surface area contributed by atoms with Crippen molar-refractivity contribution < 1.29 is 10.2 Å². The van der Waals surface area contributed by atoms with Crippen molar-refractivity contribution in [3.05, 3.63) is 23.8 Å². The molecular formula is C11H15NO2. The van der Waals surface area contributed by atoms with Crippen LogP contribution in [-0.4, -0.2) is 29.9 Å². The van der Waals surface area contributed by atoms with E-state index in [1.165, 1.54) is 11.3 Å². The Balaban J connectivity index is 2.26. The third-order valence-electron chi connectivity index (χ3n) is 2.91. The van der Waals surface area contributed by atoms with E-state index in [0.29, 0.717) is 11.8 Å². The van der Waals surface area contributed by atoms with Gasteiger partial charge in [0.05, 0.1) is 0 Å². The third-order valence-corrected chi connectivity index (χ3v) is 2.91. The summed E-state index contributed by atoms with van der Waals surface area (Å²) in [5, 5.41) is 18.2. The molecule has 1 aromatic carbocycles. The van der Waals surface area contributed by atoms with Gasteiger partial charge >= 0.3 is 0 Å². The lowest BCUT2D eigenvalue weighted by molar-refractivity contribution is 0.275. The first-order valence-corrected chi connectivity index (χ1v) is 4.88. The Hall–Kier alpha value is -1.22. The summed E-state index contributed by atoms with van der Waals surface area (Å²) < 4.78 is 0. The van der Waals surface area contributed by atoms with Crippen molar-refractivity contribution in [3.63, 3.8) is 0 Å². The molecule has 0 saturated carbocycles. The number of rotatable bonds is 2. The van der Waals surface area contributed by atoms with Gasteiger partial charge in [-0.1, -0.05) is 0 Å². The van der Waals surface area contributed by atoms with E-state index < -0.39 is 0 Å². The van der Waals surface area contributed by atoms with Gasteiger partial charge in [0.1, 0.15) is 5.75 Å². The van der Waals surface area contributed by atoms with Crippen LogP contribution in [0.25, 0.3) is 0 Å². The molecule has 0 aromatic heterocycles. The molecule has 1 aromatic rings. The smallest absolute Gasteiger partial charge is 0.116 e. The first-order valence-electron chi connectivity index (χ1n) is 4.88. The van der Waals surface area contributed by atoms with Gasteiger partial charge < -0.3 is 15.1 Å². The van der Waals surface area contributed by atoms with E-state index in [1.807, 2.05) is 19.2 Å². The average molecular weight is 193 g/mol. The summed E-state index contributed by atoms with van der Waals surface area (Å²) in [5.41, 5.74) is 2.34. The number of nitrogens with zero attached hydrogens (tertiary/aromatic N) is 1. The Kier molecular flexibility index (Phi) is 2.33. The molecular weight excluding hydrogens is 178 g/mol. The first kappa shape index (κ1) is 9.34. The van der Waals surface area contributed by atoms with Crippen molar-refractivity contribution in [2.45, 2.75) is 18.9 Å². The number of likely N-dealkylation sites (N-methyl/N-ethyl adjacent to an activating group) is 1. The number of fused-ring (bicyclic) bond motifs is 1. The number of benzene rings is 1. The zero-order valence-corrected chi connectivity index (χ0v) is 8.27. The van der Waals surface area contributed by atoms with Crippen LogP contribution < -0.4 is 4.90 Å². The number of phenolic OH excluding ortho intramolecular Hbond substituents is 1. The number of phenols is 1. The second-order valence-corrected chi connectivity index (χ2v) is 3.79. The van der Waals surface area contributed by atoms with Gasteiger partial charge in [-0.15, -0.1) is 0 Å². The largest absolute Gasteiger partial charge is 0.508 e. The Bertz CT molecular complexity index is 338. The fourth-order valence-corrected chi connectivity index (χ4v) is 2.11. The average Bonchev–Trinajstić information content (AvgIpc) is 2.44. The number of aromatic hydroxyl groups is 1. The van der Waals surface area contributed by atoms with Crippen LogP contribution in [-0.2, 0) is 6.42 Å². The fraction of sp³-hybridized carbons (Fsp3) is 0.455. The third kappa shape index (κ3) is 1.44. The van der Waals surface area contributed by atoms with Crippen LogP contribution >= 0.6 is 0 Å². The summed E-state index contributed by atoms with van der Waals surface area (Å²) in [7, 11) is 2.03. The predicted molar refractivity (Wildman–Crippen MR) is 55.7 cm³/mol.